The summed E-state index contributed by atoms with van der Waals surface area (Å²) in [5.74, 6) is -0.466. The van der Waals surface area contributed by atoms with Crippen LogP contribution in [0.1, 0.15) is 16.9 Å². The molecule has 0 bridgehead atoms. The lowest BCUT2D eigenvalue weighted by molar-refractivity contribution is 0.0790. The molecule has 0 spiro atoms. The van der Waals surface area contributed by atoms with Gasteiger partial charge in [0.25, 0.3) is 11.5 Å². The normalized spacial score (nSPS) is 10.2. The number of fused-ring (bicyclic) bond motifs is 1. The highest BCUT2D eigenvalue weighted by atomic mass is 16.2. The highest BCUT2D eigenvalue weighted by Gasteiger charge is 2.19. The van der Waals surface area contributed by atoms with Gasteiger partial charge < -0.3 is 9.47 Å². The Labute approximate surface area is 115 Å². The molecular weight excluding hydrogens is 256 g/mol. The first kappa shape index (κ1) is 13.7. The fourth-order valence-electron chi connectivity index (χ4n) is 1.92. The average Bonchev–Trinajstić information content (AvgIpc) is 2.47. The summed E-state index contributed by atoms with van der Waals surface area (Å²) in [6.45, 7) is 0.271. The number of aromatic nitrogens is 2. The predicted molar refractivity (Wildman–Crippen MR) is 74.2 cm³/mol. The maximum atomic E-state index is 12.2. The number of rotatable bonds is 3. The first-order chi connectivity index (χ1) is 9.56. The molecule has 1 amide bonds. The van der Waals surface area contributed by atoms with Crippen molar-refractivity contribution in [2.24, 2.45) is 7.05 Å². The van der Waals surface area contributed by atoms with Crippen LogP contribution >= 0.6 is 0 Å². The van der Waals surface area contributed by atoms with Gasteiger partial charge in [-0.3, -0.25) is 9.59 Å². The van der Waals surface area contributed by atoms with Crippen molar-refractivity contribution in [2.75, 3.05) is 13.6 Å². The maximum absolute atomic E-state index is 12.2. The summed E-state index contributed by atoms with van der Waals surface area (Å²) in [4.78, 5) is 29.9. The van der Waals surface area contributed by atoms with Crippen LogP contribution in [0.5, 0.6) is 0 Å². The molecule has 0 saturated heterocycles. The van der Waals surface area contributed by atoms with E-state index in [9.17, 15) is 9.59 Å². The van der Waals surface area contributed by atoms with Crippen molar-refractivity contribution in [1.29, 1.82) is 5.26 Å². The van der Waals surface area contributed by atoms with E-state index in [1.54, 1.807) is 32.3 Å². The molecule has 0 aliphatic rings. The Bertz CT molecular complexity index is 758. The minimum Gasteiger partial charge on any atom is -0.339 e. The van der Waals surface area contributed by atoms with Gasteiger partial charge in [-0.1, -0.05) is 12.1 Å². The molecule has 6 heteroatoms. The van der Waals surface area contributed by atoms with Crippen LogP contribution in [0.4, 0.5) is 0 Å². The highest BCUT2D eigenvalue weighted by molar-refractivity contribution is 5.93. The standard InChI is InChI=1S/C14H14N4O2/c1-17(9-5-8-15)13(19)12-14(20)18(2)11-7-4-3-6-10(11)16-12/h3-4,6-7H,5,9H2,1-2H3. The fraction of sp³-hybridized carbons (Fsp3) is 0.286. The average molecular weight is 270 g/mol. The smallest absolute Gasteiger partial charge is 0.282 e. The van der Waals surface area contributed by atoms with E-state index in [2.05, 4.69) is 4.98 Å². The number of amides is 1. The summed E-state index contributed by atoms with van der Waals surface area (Å²) in [7, 11) is 3.16. The van der Waals surface area contributed by atoms with Crippen molar-refractivity contribution >= 4 is 16.9 Å². The second-order valence-electron chi connectivity index (χ2n) is 4.45. The molecule has 102 valence electrons. The van der Waals surface area contributed by atoms with E-state index >= 15 is 0 Å². The Balaban J connectivity index is 2.50. The maximum Gasteiger partial charge on any atom is 0.282 e. The lowest BCUT2D eigenvalue weighted by Gasteiger charge is -2.15. The van der Waals surface area contributed by atoms with Gasteiger partial charge in [0.1, 0.15) is 0 Å². The zero-order chi connectivity index (χ0) is 14.7. The number of nitrogens with zero attached hydrogens (tertiary/aromatic N) is 4. The summed E-state index contributed by atoms with van der Waals surface area (Å²) >= 11 is 0. The van der Waals surface area contributed by atoms with Crippen LogP contribution in [0.2, 0.25) is 0 Å². The quantitative estimate of drug-likeness (QED) is 0.830. The van der Waals surface area contributed by atoms with Crippen molar-refractivity contribution in [3.8, 4) is 6.07 Å². The van der Waals surface area contributed by atoms with Crippen LogP contribution in [0, 0.1) is 11.3 Å². The second-order valence-corrected chi connectivity index (χ2v) is 4.45. The third-order valence-corrected chi connectivity index (χ3v) is 3.09. The molecular formula is C14H14N4O2. The van der Waals surface area contributed by atoms with Crippen molar-refractivity contribution < 1.29 is 4.79 Å². The van der Waals surface area contributed by atoms with Gasteiger partial charge in [-0.25, -0.2) is 4.98 Å². The van der Waals surface area contributed by atoms with E-state index in [4.69, 9.17) is 5.26 Å². The summed E-state index contributed by atoms with van der Waals surface area (Å²) in [6.07, 6.45) is 0.218. The van der Waals surface area contributed by atoms with Crippen molar-refractivity contribution in [3.63, 3.8) is 0 Å². The van der Waals surface area contributed by atoms with E-state index in [1.807, 2.05) is 12.1 Å². The number of carbonyl (C=O) groups excluding carboxylic acids is 1. The number of carbonyl (C=O) groups is 1. The zero-order valence-corrected chi connectivity index (χ0v) is 11.3. The minimum absolute atomic E-state index is 0.119. The number of para-hydroxylation sites is 2. The van der Waals surface area contributed by atoms with Crippen LogP contribution in [-0.4, -0.2) is 34.0 Å². The van der Waals surface area contributed by atoms with Gasteiger partial charge in [-0.05, 0) is 12.1 Å². The zero-order valence-electron chi connectivity index (χ0n) is 11.3. The number of hydrogen-bond donors (Lipinski definition) is 0. The van der Waals surface area contributed by atoms with Crippen LogP contribution in [-0.2, 0) is 7.05 Å². The monoisotopic (exact) mass is 270 g/mol. The molecule has 0 unspecified atom stereocenters. The summed E-state index contributed by atoms with van der Waals surface area (Å²) < 4.78 is 1.41. The Morgan fingerprint density at radius 3 is 2.85 bits per heavy atom. The molecule has 20 heavy (non-hydrogen) atoms. The molecule has 0 radical (unpaired) electrons. The molecule has 0 aliphatic heterocycles. The van der Waals surface area contributed by atoms with Gasteiger partial charge in [-0.2, -0.15) is 5.26 Å². The van der Waals surface area contributed by atoms with Gasteiger partial charge in [0.2, 0.25) is 0 Å². The first-order valence-electron chi connectivity index (χ1n) is 6.14. The van der Waals surface area contributed by atoms with Crippen LogP contribution in [0.25, 0.3) is 11.0 Å². The van der Waals surface area contributed by atoms with Gasteiger partial charge in [0.15, 0.2) is 5.69 Å². The third kappa shape index (κ3) is 2.38. The van der Waals surface area contributed by atoms with E-state index in [-0.39, 0.29) is 18.7 Å². The summed E-state index contributed by atoms with van der Waals surface area (Å²) in [5, 5.41) is 8.54. The second kappa shape index (κ2) is 5.53. The predicted octanol–water partition coefficient (Wildman–Crippen LogP) is 0.919. The largest absolute Gasteiger partial charge is 0.339 e. The Hall–Kier alpha value is -2.68. The molecule has 0 atom stereocenters. The van der Waals surface area contributed by atoms with Crippen LogP contribution in [0.3, 0.4) is 0 Å². The Morgan fingerprint density at radius 2 is 2.15 bits per heavy atom. The third-order valence-electron chi connectivity index (χ3n) is 3.09. The van der Waals surface area contributed by atoms with Gasteiger partial charge in [-0.15, -0.1) is 0 Å². The molecule has 1 aromatic carbocycles. The lowest BCUT2D eigenvalue weighted by atomic mass is 10.2. The highest BCUT2D eigenvalue weighted by Crippen LogP contribution is 2.09. The number of hydrogen-bond acceptors (Lipinski definition) is 4. The van der Waals surface area contributed by atoms with E-state index < -0.39 is 11.5 Å². The van der Waals surface area contributed by atoms with Gasteiger partial charge >= 0.3 is 0 Å². The Kier molecular flexibility index (Phi) is 3.80. The number of nitriles is 1. The van der Waals surface area contributed by atoms with Gasteiger partial charge in [0, 0.05) is 20.6 Å². The Morgan fingerprint density at radius 1 is 1.45 bits per heavy atom. The van der Waals surface area contributed by atoms with Crippen LogP contribution in [0.15, 0.2) is 29.1 Å². The molecule has 1 aromatic heterocycles. The lowest BCUT2D eigenvalue weighted by Crippen LogP contribution is -2.35. The molecule has 2 rings (SSSR count). The fourth-order valence-corrected chi connectivity index (χ4v) is 1.92. The van der Waals surface area contributed by atoms with Crippen molar-refractivity contribution in [1.82, 2.24) is 14.5 Å². The molecule has 6 nitrogen and oxygen atoms in total. The van der Waals surface area contributed by atoms with Crippen molar-refractivity contribution in [3.05, 3.63) is 40.3 Å². The van der Waals surface area contributed by atoms with Crippen LogP contribution < -0.4 is 5.56 Å². The molecule has 0 aliphatic carbocycles. The van der Waals surface area contributed by atoms with Crippen molar-refractivity contribution in [2.45, 2.75) is 6.42 Å². The molecule has 0 N–H and O–H groups in total. The van der Waals surface area contributed by atoms with Gasteiger partial charge in [0.05, 0.1) is 23.5 Å². The molecule has 2 aromatic rings. The van der Waals surface area contributed by atoms with E-state index in [0.29, 0.717) is 11.0 Å². The molecule has 1 heterocycles. The molecule has 0 fully saturated rings. The topological polar surface area (TPSA) is 79.0 Å². The van der Waals surface area contributed by atoms with E-state index in [0.717, 1.165) is 0 Å². The number of benzene rings is 1. The first-order valence-corrected chi connectivity index (χ1v) is 6.14. The minimum atomic E-state index is -0.466. The number of aryl methyl sites for hydroxylation is 1. The molecule has 0 saturated carbocycles. The SMILES string of the molecule is CN(CCC#N)C(=O)c1nc2ccccc2n(C)c1=O. The van der Waals surface area contributed by atoms with E-state index in [1.165, 1.54) is 9.47 Å². The summed E-state index contributed by atoms with van der Waals surface area (Å²) in [5.41, 5.74) is 0.713. The summed E-state index contributed by atoms with van der Waals surface area (Å²) in [6, 6.07) is 9.10.